The molecule has 0 N–H and O–H groups in total. The first-order chi connectivity index (χ1) is 9.92. The Kier molecular flexibility index (Phi) is 11.8. The van der Waals surface area contributed by atoms with Crippen molar-refractivity contribution in [3.63, 3.8) is 0 Å². The third-order valence-corrected chi connectivity index (χ3v) is 4.60. The van der Waals surface area contributed by atoms with Gasteiger partial charge in [-0.25, -0.2) is 0 Å². The van der Waals surface area contributed by atoms with E-state index >= 15 is 0 Å². The lowest BCUT2D eigenvalue weighted by molar-refractivity contribution is -0.152. The van der Waals surface area contributed by atoms with Gasteiger partial charge in [0.05, 0.1) is 15.8 Å². The van der Waals surface area contributed by atoms with Crippen molar-refractivity contribution in [1.29, 1.82) is 0 Å². The average molecular weight is 431 g/mol. The minimum Gasteiger partial charge on any atom is -0.369 e. The maximum Gasteiger partial charge on any atom is 0.254 e. The number of methoxy groups -OCH3 is 1. The molecule has 1 fully saturated rings. The van der Waals surface area contributed by atoms with Gasteiger partial charge in [-0.1, -0.05) is 0 Å². The highest BCUT2D eigenvalue weighted by Crippen LogP contribution is 2.24. The Morgan fingerprint density at radius 3 is 2.38 bits per heavy atom. The number of piperidine rings is 1. The summed E-state index contributed by atoms with van der Waals surface area (Å²) >= 11 is 2.13. The van der Waals surface area contributed by atoms with Crippen LogP contribution in [-0.2, 0) is 18.5 Å². The van der Waals surface area contributed by atoms with Crippen LogP contribution in [0, 0.1) is 5.92 Å². The van der Waals surface area contributed by atoms with Gasteiger partial charge < -0.3 is 18.6 Å². The van der Waals surface area contributed by atoms with E-state index < -0.39 is 5.60 Å². The van der Waals surface area contributed by atoms with Crippen molar-refractivity contribution in [2.75, 3.05) is 26.8 Å². The van der Waals surface area contributed by atoms with E-state index in [1.54, 1.807) is 7.11 Å². The minimum atomic E-state index is -0.701. The predicted molar refractivity (Wildman–Crippen MR) is 94.3 cm³/mol. The van der Waals surface area contributed by atoms with Crippen LogP contribution >= 0.6 is 30.4 Å². The van der Waals surface area contributed by atoms with Gasteiger partial charge in [0.2, 0.25) is 0 Å². The molecule has 7 heteroatoms. The first-order valence-corrected chi connectivity index (χ1v) is 10.4. The average Bonchev–Trinajstić information content (AvgIpc) is 2.48. The SMILES string of the molecule is CC=O.COC(C)(C)C(=O)N1CCC(CCOSI)CC1. The molecule has 0 aromatic heterocycles. The van der Waals surface area contributed by atoms with Crippen LogP contribution in [0.25, 0.3) is 0 Å². The van der Waals surface area contributed by atoms with E-state index in [1.165, 1.54) is 16.1 Å². The molecule has 0 aromatic rings. The van der Waals surface area contributed by atoms with Gasteiger partial charge in [-0.15, -0.1) is 0 Å². The normalized spacial score (nSPS) is 16.1. The van der Waals surface area contributed by atoms with Crippen LogP contribution in [0.1, 0.15) is 40.0 Å². The molecule has 0 radical (unpaired) electrons. The van der Waals surface area contributed by atoms with Crippen LogP contribution in [-0.4, -0.2) is 49.5 Å². The largest absolute Gasteiger partial charge is 0.369 e. The predicted octanol–water partition coefficient (Wildman–Crippen LogP) is 3.26. The summed E-state index contributed by atoms with van der Waals surface area (Å²) in [5.41, 5.74) is -0.701. The van der Waals surface area contributed by atoms with Gasteiger partial charge in [0.15, 0.2) is 0 Å². The Bertz CT molecular complexity index is 307. The highest BCUT2D eigenvalue weighted by atomic mass is 127. The molecule has 0 saturated carbocycles. The molecule has 0 spiro atoms. The first kappa shape index (κ1) is 21.1. The molecular formula is C14H26INO4S. The summed E-state index contributed by atoms with van der Waals surface area (Å²) in [5, 5.41) is 0. The number of halogens is 1. The summed E-state index contributed by atoms with van der Waals surface area (Å²) in [6.07, 6.45) is 3.98. The van der Waals surface area contributed by atoms with Gasteiger partial charge in [0.25, 0.3) is 5.91 Å². The van der Waals surface area contributed by atoms with E-state index in [1.807, 2.05) is 18.7 Å². The summed E-state index contributed by atoms with van der Waals surface area (Å²) in [4.78, 5) is 22.9. The van der Waals surface area contributed by atoms with Gasteiger partial charge in [-0.05, 0) is 46.0 Å². The molecule has 0 atom stereocenters. The summed E-state index contributed by atoms with van der Waals surface area (Å²) in [7, 11) is 2.98. The Morgan fingerprint density at radius 2 is 1.95 bits per heavy atom. The number of carbonyl (C=O) groups excluding carboxylic acids is 2. The zero-order chi connectivity index (χ0) is 16.3. The van der Waals surface area contributed by atoms with Gasteiger partial charge in [0, 0.05) is 41.4 Å². The number of likely N-dealkylation sites (tertiary alicyclic amines) is 1. The van der Waals surface area contributed by atoms with Crippen molar-refractivity contribution in [3.8, 4) is 0 Å². The van der Waals surface area contributed by atoms with Crippen LogP contribution in [0.2, 0.25) is 0 Å². The zero-order valence-corrected chi connectivity index (χ0v) is 16.2. The zero-order valence-electron chi connectivity index (χ0n) is 13.3. The highest BCUT2D eigenvalue weighted by Gasteiger charge is 2.33. The molecule has 0 aliphatic carbocycles. The number of hydrogen-bond acceptors (Lipinski definition) is 5. The second kappa shape index (κ2) is 11.7. The van der Waals surface area contributed by atoms with Crippen molar-refractivity contribution < 1.29 is 18.5 Å². The van der Waals surface area contributed by atoms with Crippen molar-refractivity contribution in [2.45, 2.75) is 45.6 Å². The van der Waals surface area contributed by atoms with Crippen LogP contribution in [0.4, 0.5) is 0 Å². The molecule has 1 heterocycles. The standard InChI is InChI=1S/C12H22INO3S.C2H4O/c1-12(2,16-3)11(15)14-7-4-10(5-8-14)6-9-17-18-13;1-2-3/h10H,4-9H2,1-3H3;2H,1H3. The molecule has 1 saturated heterocycles. The van der Waals surface area contributed by atoms with E-state index in [4.69, 9.17) is 13.7 Å². The maximum absolute atomic E-state index is 12.2. The number of hydrogen-bond donors (Lipinski definition) is 0. The van der Waals surface area contributed by atoms with Crippen molar-refractivity contribution in [2.24, 2.45) is 5.92 Å². The number of rotatable bonds is 6. The Hall–Kier alpha value is 0.140. The monoisotopic (exact) mass is 431 g/mol. The van der Waals surface area contributed by atoms with Crippen LogP contribution in [0.15, 0.2) is 0 Å². The Balaban J connectivity index is 0.00000122. The molecule has 1 aliphatic heterocycles. The van der Waals surface area contributed by atoms with Crippen LogP contribution in [0.5, 0.6) is 0 Å². The van der Waals surface area contributed by atoms with Gasteiger partial charge >= 0.3 is 0 Å². The number of amides is 1. The van der Waals surface area contributed by atoms with Gasteiger partial charge in [0.1, 0.15) is 11.9 Å². The number of ether oxygens (including phenoxy) is 1. The fourth-order valence-corrected chi connectivity index (χ4v) is 2.84. The minimum absolute atomic E-state index is 0.0996. The molecule has 0 aromatic carbocycles. The van der Waals surface area contributed by atoms with E-state index in [-0.39, 0.29) is 5.91 Å². The Labute approximate surface area is 144 Å². The summed E-state index contributed by atoms with van der Waals surface area (Å²) in [5.74, 6) is 0.783. The fourth-order valence-electron chi connectivity index (χ4n) is 2.14. The van der Waals surface area contributed by atoms with Crippen LogP contribution in [0.3, 0.4) is 0 Å². The number of carbonyl (C=O) groups is 2. The summed E-state index contributed by atoms with van der Waals surface area (Å²) in [6.45, 7) is 7.58. The molecule has 1 rings (SSSR count). The van der Waals surface area contributed by atoms with E-state index in [0.29, 0.717) is 5.92 Å². The topological polar surface area (TPSA) is 55.8 Å². The Morgan fingerprint density at radius 1 is 1.43 bits per heavy atom. The molecule has 0 unspecified atom stereocenters. The number of nitrogens with zero attached hydrogens (tertiary/aromatic N) is 1. The second-order valence-corrected chi connectivity index (χ2v) is 6.80. The quantitative estimate of drug-likeness (QED) is 0.280. The van der Waals surface area contributed by atoms with Gasteiger partial charge in [-0.2, -0.15) is 0 Å². The van der Waals surface area contributed by atoms with E-state index in [9.17, 15) is 4.79 Å². The molecule has 1 aliphatic rings. The lowest BCUT2D eigenvalue weighted by Gasteiger charge is -2.36. The molecule has 21 heavy (non-hydrogen) atoms. The smallest absolute Gasteiger partial charge is 0.254 e. The van der Waals surface area contributed by atoms with Gasteiger partial charge in [-0.3, -0.25) is 4.79 Å². The van der Waals surface area contributed by atoms with Crippen molar-refractivity contribution in [3.05, 3.63) is 0 Å². The maximum atomic E-state index is 12.2. The fraction of sp³-hybridized carbons (Fsp3) is 0.857. The van der Waals surface area contributed by atoms with Crippen LogP contribution < -0.4 is 0 Å². The van der Waals surface area contributed by atoms with E-state index in [2.05, 4.69) is 21.2 Å². The molecule has 5 nitrogen and oxygen atoms in total. The number of aldehydes is 1. The highest BCUT2D eigenvalue weighted by molar-refractivity contribution is 14.2. The lowest BCUT2D eigenvalue weighted by Crippen LogP contribution is -2.49. The summed E-state index contributed by atoms with van der Waals surface area (Å²) < 4.78 is 10.5. The lowest BCUT2D eigenvalue weighted by atomic mass is 9.93. The molecular weight excluding hydrogens is 405 g/mol. The van der Waals surface area contributed by atoms with E-state index in [0.717, 1.165) is 45.2 Å². The van der Waals surface area contributed by atoms with Crippen molar-refractivity contribution in [1.82, 2.24) is 4.90 Å². The molecule has 1 amide bonds. The molecule has 0 bridgehead atoms. The first-order valence-electron chi connectivity index (χ1n) is 7.07. The summed E-state index contributed by atoms with van der Waals surface area (Å²) in [6, 6.07) is 0. The molecule has 124 valence electrons. The third kappa shape index (κ3) is 8.37. The van der Waals surface area contributed by atoms with Crippen molar-refractivity contribution >= 4 is 42.6 Å². The second-order valence-electron chi connectivity index (χ2n) is 5.36. The third-order valence-electron chi connectivity index (χ3n) is 3.58.